The lowest BCUT2D eigenvalue weighted by molar-refractivity contribution is -0.131. The van der Waals surface area contributed by atoms with Gasteiger partial charge in [-0.25, -0.2) is 4.79 Å². The van der Waals surface area contributed by atoms with Crippen LogP contribution in [-0.2, 0) is 9.59 Å². The molecule has 0 saturated carbocycles. The van der Waals surface area contributed by atoms with Gasteiger partial charge >= 0.3 is 5.97 Å². The summed E-state index contributed by atoms with van der Waals surface area (Å²) in [5, 5.41) is 8.67. The molecular weight excluding hydrogens is 268 g/mol. The molecule has 1 aliphatic heterocycles. The van der Waals surface area contributed by atoms with Crippen LogP contribution in [-0.4, -0.2) is 30.1 Å². The molecule has 0 radical (unpaired) electrons. The first-order valence-electron chi connectivity index (χ1n) is 7.03. The van der Waals surface area contributed by atoms with Crippen molar-refractivity contribution in [3.8, 4) is 0 Å². The average molecular weight is 288 g/mol. The number of carbonyl (C=O) groups excluding carboxylic acids is 1. The number of piperidine rings is 1. The zero-order valence-corrected chi connectivity index (χ0v) is 12.1. The number of rotatable bonds is 4. The van der Waals surface area contributed by atoms with Crippen molar-refractivity contribution in [2.24, 2.45) is 11.7 Å². The predicted octanol–water partition coefficient (Wildman–Crippen LogP) is 1.79. The summed E-state index contributed by atoms with van der Waals surface area (Å²) in [6.45, 7) is 3.51. The first-order valence-corrected chi connectivity index (χ1v) is 7.03. The third kappa shape index (κ3) is 3.84. The molecule has 5 heteroatoms. The Morgan fingerprint density at radius 1 is 1.43 bits per heavy atom. The van der Waals surface area contributed by atoms with Crippen molar-refractivity contribution in [3.05, 3.63) is 35.4 Å². The molecule has 1 saturated heterocycles. The fraction of sp³-hybridized carbons (Fsp3) is 0.375. The molecule has 1 amide bonds. The Bertz CT molecular complexity index is 581. The van der Waals surface area contributed by atoms with Gasteiger partial charge in [-0.15, -0.1) is 0 Å². The van der Waals surface area contributed by atoms with E-state index in [1.54, 1.807) is 6.08 Å². The first-order chi connectivity index (χ1) is 9.97. The molecule has 3 N–H and O–H groups in total. The highest BCUT2D eigenvalue weighted by molar-refractivity contribution is 5.85. The van der Waals surface area contributed by atoms with Crippen molar-refractivity contribution >= 4 is 23.6 Å². The number of aliphatic carboxylic acids is 1. The number of aryl methyl sites for hydroxylation is 1. The number of primary amides is 1. The highest BCUT2D eigenvalue weighted by atomic mass is 16.4. The van der Waals surface area contributed by atoms with Crippen molar-refractivity contribution in [2.45, 2.75) is 19.8 Å². The van der Waals surface area contributed by atoms with Crippen LogP contribution in [0.2, 0.25) is 0 Å². The van der Waals surface area contributed by atoms with E-state index in [1.807, 2.05) is 25.1 Å². The molecular formula is C16H20N2O3. The Morgan fingerprint density at radius 3 is 2.81 bits per heavy atom. The second-order valence-electron chi connectivity index (χ2n) is 5.40. The summed E-state index contributed by atoms with van der Waals surface area (Å²) in [6.07, 6.45) is 4.52. The number of nitrogens with zero attached hydrogens (tertiary/aromatic N) is 1. The largest absolute Gasteiger partial charge is 0.478 e. The van der Waals surface area contributed by atoms with Crippen molar-refractivity contribution in [3.63, 3.8) is 0 Å². The first kappa shape index (κ1) is 15.1. The van der Waals surface area contributed by atoms with E-state index in [1.165, 1.54) is 0 Å². The van der Waals surface area contributed by atoms with Gasteiger partial charge in [-0.3, -0.25) is 4.79 Å². The molecule has 1 heterocycles. The van der Waals surface area contributed by atoms with Crippen LogP contribution in [0.3, 0.4) is 0 Å². The van der Waals surface area contributed by atoms with Crippen molar-refractivity contribution in [2.75, 3.05) is 18.0 Å². The molecule has 21 heavy (non-hydrogen) atoms. The van der Waals surface area contributed by atoms with Crippen molar-refractivity contribution < 1.29 is 14.7 Å². The monoisotopic (exact) mass is 288 g/mol. The van der Waals surface area contributed by atoms with Gasteiger partial charge in [-0.1, -0.05) is 6.07 Å². The van der Waals surface area contributed by atoms with E-state index in [9.17, 15) is 9.59 Å². The number of benzene rings is 1. The van der Waals surface area contributed by atoms with Gasteiger partial charge in [0.1, 0.15) is 0 Å². The fourth-order valence-electron chi connectivity index (χ4n) is 2.65. The summed E-state index contributed by atoms with van der Waals surface area (Å²) in [6, 6.07) is 5.88. The number of carboxylic acid groups (broad SMARTS) is 1. The van der Waals surface area contributed by atoms with Crippen LogP contribution in [0.25, 0.3) is 6.08 Å². The highest BCUT2D eigenvalue weighted by Gasteiger charge is 2.24. The normalized spacial score (nSPS) is 18.9. The number of carboxylic acids is 1. The molecule has 1 aromatic carbocycles. The molecule has 2 rings (SSSR count). The Labute approximate surface area is 124 Å². The lowest BCUT2D eigenvalue weighted by Gasteiger charge is -2.33. The highest BCUT2D eigenvalue weighted by Crippen LogP contribution is 2.25. The van der Waals surface area contributed by atoms with E-state index < -0.39 is 5.97 Å². The molecule has 1 unspecified atom stereocenters. The van der Waals surface area contributed by atoms with Gasteiger partial charge in [0.15, 0.2) is 0 Å². The Balaban J connectivity index is 2.16. The fourth-order valence-corrected chi connectivity index (χ4v) is 2.65. The lowest BCUT2D eigenvalue weighted by atomic mass is 9.96. The second kappa shape index (κ2) is 6.43. The third-order valence-electron chi connectivity index (χ3n) is 3.85. The Morgan fingerprint density at radius 2 is 2.19 bits per heavy atom. The van der Waals surface area contributed by atoms with Crippen LogP contribution < -0.4 is 10.6 Å². The average Bonchev–Trinajstić information content (AvgIpc) is 2.46. The standard InChI is InChI=1S/C16H20N2O3/c1-11-9-14(6-4-12(11)5-7-15(19)20)18-8-2-3-13(10-18)16(17)21/h4-7,9,13H,2-3,8,10H2,1H3,(H2,17,21)(H,19,20). The lowest BCUT2D eigenvalue weighted by Crippen LogP contribution is -2.41. The summed E-state index contributed by atoms with van der Waals surface area (Å²) >= 11 is 0. The minimum Gasteiger partial charge on any atom is -0.478 e. The number of hydrogen-bond acceptors (Lipinski definition) is 3. The molecule has 0 aliphatic carbocycles. The van der Waals surface area contributed by atoms with E-state index in [-0.39, 0.29) is 11.8 Å². The van der Waals surface area contributed by atoms with Crippen LogP contribution in [0.15, 0.2) is 24.3 Å². The third-order valence-corrected chi connectivity index (χ3v) is 3.85. The molecule has 5 nitrogen and oxygen atoms in total. The number of amides is 1. The molecule has 0 spiro atoms. The minimum absolute atomic E-state index is 0.0920. The second-order valence-corrected chi connectivity index (χ2v) is 5.40. The summed E-state index contributed by atoms with van der Waals surface area (Å²) in [5.74, 6) is -1.29. The molecule has 1 fully saturated rings. The van der Waals surface area contributed by atoms with Gasteiger partial charge < -0.3 is 15.7 Å². The predicted molar refractivity (Wildman–Crippen MR) is 82.0 cm³/mol. The van der Waals surface area contributed by atoms with Gasteiger partial charge in [-0.05, 0) is 49.1 Å². The van der Waals surface area contributed by atoms with E-state index in [2.05, 4.69) is 4.90 Å². The number of hydrogen-bond donors (Lipinski definition) is 2. The zero-order valence-electron chi connectivity index (χ0n) is 12.1. The number of carbonyl (C=O) groups is 2. The Kier molecular flexibility index (Phi) is 4.62. The number of anilines is 1. The molecule has 1 aliphatic rings. The van der Waals surface area contributed by atoms with Crippen LogP contribution in [0.5, 0.6) is 0 Å². The number of nitrogens with two attached hydrogens (primary N) is 1. The maximum atomic E-state index is 11.3. The van der Waals surface area contributed by atoms with E-state index in [0.717, 1.165) is 42.3 Å². The molecule has 112 valence electrons. The van der Waals surface area contributed by atoms with Crippen molar-refractivity contribution in [1.82, 2.24) is 0 Å². The Hall–Kier alpha value is -2.30. The topological polar surface area (TPSA) is 83.6 Å². The minimum atomic E-state index is -0.959. The summed E-state index contributed by atoms with van der Waals surface area (Å²) < 4.78 is 0. The van der Waals surface area contributed by atoms with Gasteiger partial charge in [0.2, 0.25) is 5.91 Å². The van der Waals surface area contributed by atoms with Gasteiger partial charge in [-0.2, -0.15) is 0 Å². The van der Waals surface area contributed by atoms with Gasteiger partial charge in [0, 0.05) is 24.9 Å². The van der Waals surface area contributed by atoms with E-state index >= 15 is 0 Å². The molecule has 0 bridgehead atoms. The smallest absolute Gasteiger partial charge is 0.328 e. The zero-order chi connectivity index (χ0) is 15.4. The maximum absolute atomic E-state index is 11.3. The molecule has 1 aromatic rings. The summed E-state index contributed by atoms with van der Waals surface area (Å²) in [4.78, 5) is 24.1. The summed E-state index contributed by atoms with van der Waals surface area (Å²) in [7, 11) is 0. The van der Waals surface area contributed by atoms with Crippen molar-refractivity contribution in [1.29, 1.82) is 0 Å². The molecule has 1 atom stereocenters. The van der Waals surface area contributed by atoms with Crippen LogP contribution in [0.1, 0.15) is 24.0 Å². The van der Waals surface area contributed by atoms with E-state index in [4.69, 9.17) is 10.8 Å². The van der Waals surface area contributed by atoms with Gasteiger partial charge in [0.05, 0.1) is 5.92 Å². The van der Waals surface area contributed by atoms with Crippen LogP contribution in [0.4, 0.5) is 5.69 Å². The maximum Gasteiger partial charge on any atom is 0.328 e. The van der Waals surface area contributed by atoms with Crippen LogP contribution >= 0.6 is 0 Å². The van der Waals surface area contributed by atoms with Gasteiger partial charge in [0.25, 0.3) is 0 Å². The van der Waals surface area contributed by atoms with E-state index in [0.29, 0.717) is 6.54 Å². The quantitative estimate of drug-likeness (QED) is 0.827. The molecule has 0 aromatic heterocycles. The summed E-state index contributed by atoms with van der Waals surface area (Å²) in [5.41, 5.74) is 8.33. The van der Waals surface area contributed by atoms with Crippen LogP contribution in [0, 0.1) is 12.8 Å². The SMILES string of the molecule is Cc1cc(N2CCCC(C(N)=O)C2)ccc1C=CC(=O)O.